The van der Waals surface area contributed by atoms with Crippen molar-refractivity contribution in [2.75, 3.05) is 13.2 Å². The highest BCUT2D eigenvalue weighted by molar-refractivity contribution is 5.76. The lowest BCUT2D eigenvalue weighted by Gasteiger charge is -2.20. The van der Waals surface area contributed by atoms with Crippen LogP contribution in [0.25, 0.3) is 0 Å². The summed E-state index contributed by atoms with van der Waals surface area (Å²) < 4.78 is 5.49. The molecule has 0 aliphatic carbocycles. The minimum absolute atomic E-state index is 0.0101. The molecule has 0 spiro atoms. The molecule has 2 atom stereocenters. The molecule has 87 heavy (non-hydrogen) atoms. The van der Waals surface area contributed by atoms with Crippen molar-refractivity contribution < 1.29 is 24.5 Å². The van der Waals surface area contributed by atoms with Gasteiger partial charge in [0.1, 0.15) is 0 Å². The van der Waals surface area contributed by atoms with Crippen LogP contribution in [0.3, 0.4) is 0 Å². The maximum absolute atomic E-state index is 12.6. The lowest BCUT2D eigenvalue weighted by molar-refractivity contribution is -0.143. The van der Waals surface area contributed by atoms with E-state index in [1.165, 1.54) is 372 Å². The molecule has 0 fully saturated rings. The van der Waals surface area contributed by atoms with Crippen molar-refractivity contribution in [2.45, 2.75) is 456 Å². The molecular formula is C81H155NO5. The fourth-order valence-electron chi connectivity index (χ4n) is 12.6. The lowest BCUT2D eigenvalue weighted by Crippen LogP contribution is -2.45. The fraction of sp³-hybridized carbons (Fsp3) is 0.901. The topological polar surface area (TPSA) is 95.9 Å². The Morgan fingerprint density at radius 1 is 0.310 bits per heavy atom. The Labute approximate surface area is 544 Å². The van der Waals surface area contributed by atoms with Crippen LogP contribution in [0, 0.1) is 0 Å². The Morgan fingerprint density at radius 3 is 0.816 bits per heavy atom. The number of amides is 1. The van der Waals surface area contributed by atoms with Crippen LogP contribution in [0.15, 0.2) is 36.5 Å². The van der Waals surface area contributed by atoms with E-state index < -0.39 is 12.1 Å². The van der Waals surface area contributed by atoms with Crippen LogP contribution in [-0.4, -0.2) is 47.4 Å². The Balaban J connectivity index is 3.38. The van der Waals surface area contributed by atoms with Gasteiger partial charge in [-0.3, -0.25) is 9.59 Å². The SMILES string of the molecule is CCCCCCC/C=C\CCCCCCCC(=O)OCCCCCCCCCCCCCC/C=C\CCCCCCCCCCCCCCCCCCC(=O)NC(CO)C(O)/C=C/CCCCCCCCCCCCCCCCCCCCCCCC. The monoisotopic (exact) mass is 1220 g/mol. The highest BCUT2D eigenvalue weighted by atomic mass is 16.5. The summed E-state index contributed by atoms with van der Waals surface area (Å²) in [4.78, 5) is 24.6. The molecule has 0 bridgehead atoms. The van der Waals surface area contributed by atoms with E-state index in [9.17, 15) is 19.8 Å². The van der Waals surface area contributed by atoms with Crippen molar-refractivity contribution >= 4 is 11.9 Å². The van der Waals surface area contributed by atoms with Gasteiger partial charge in [0.15, 0.2) is 0 Å². The summed E-state index contributed by atoms with van der Waals surface area (Å²) in [7, 11) is 0. The Kier molecular flexibility index (Phi) is 74.8. The van der Waals surface area contributed by atoms with E-state index in [1.54, 1.807) is 6.08 Å². The molecule has 0 aliphatic heterocycles. The van der Waals surface area contributed by atoms with Crippen LogP contribution in [0.5, 0.6) is 0 Å². The average molecular weight is 1220 g/mol. The fourth-order valence-corrected chi connectivity index (χ4v) is 12.6. The third-order valence-corrected chi connectivity index (χ3v) is 18.6. The van der Waals surface area contributed by atoms with E-state index in [1.807, 2.05) is 6.08 Å². The molecule has 6 nitrogen and oxygen atoms in total. The van der Waals surface area contributed by atoms with E-state index in [4.69, 9.17) is 4.74 Å². The predicted octanol–water partition coefficient (Wildman–Crippen LogP) is 26.2. The molecule has 0 radical (unpaired) electrons. The van der Waals surface area contributed by atoms with Gasteiger partial charge >= 0.3 is 5.97 Å². The first-order chi connectivity index (χ1) is 43.0. The Hall–Kier alpha value is -1.92. The van der Waals surface area contributed by atoms with Gasteiger partial charge in [-0.15, -0.1) is 0 Å². The molecule has 1 amide bonds. The van der Waals surface area contributed by atoms with Gasteiger partial charge in [0, 0.05) is 12.8 Å². The number of carbonyl (C=O) groups is 2. The summed E-state index contributed by atoms with van der Waals surface area (Å²) in [6.45, 7) is 4.94. The molecule has 0 rings (SSSR count). The van der Waals surface area contributed by atoms with Gasteiger partial charge in [0.05, 0.1) is 25.4 Å². The van der Waals surface area contributed by atoms with Gasteiger partial charge in [-0.25, -0.2) is 0 Å². The van der Waals surface area contributed by atoms with Crippen LogP contribution < -0.4 is 5.32 Å². The largest absolute Gasteiger partial charge is 0.466 e. The Morgan fingerprint density at radius 2 is 0.540 bits per heavy atom. The van der Waals surface area contributed by atoms with Crippen molar-refractivity contribution in [3.05, 3.63) is 36.5 Å². The summed E-state index contributed by atoms with van der Waals surface area (Å²) >= 11 is 0. The van der Waals surface area contributed by atoms with Crippen molar-refractivity contribution in [1.29, 1.82) is 0 Å². The maximum Gasteiger partial charge on any atom is 0.305 e. The summed E-state index contributed by atoms with van der Waals surface area (Å²) in [6, 6.07) is -0.628. The zero-order valence-electron chi connectivity index (χ0n) is 59.0. The van der Waals surface area contributed by atoms with Crippen LogP contribution in [-0.2, 0) is 14.3 Å². The van der Waals surface area contributed by atoms with Crippen molar-refractivity contribution in [2.24, 2.45) is 0 Å². The van der Waals surface area contributed by atoms with Crippen molar-refractivity contribution in [1.82, 2.24) is 5.32 Å². The molecule has 3 N–H and O–H groups in total. The molecule has 0 aliphatic rings. The van der Waals surface area contributed by atoms with E-state index in [-0.39, 0.29) is 18.5 Å². The molecule has 2 unspecified atom stereocenters. The smallest absolute Gasteiger partial charge is 0.305 e. The first kappa shape index (κ1) is 85.1. The summed E-state index contributed by atoms with van der Waals surface area (Å²) in [5.74, 6) is -0.0504. The quantitative estimate of drug-likeness (QED) is 0.0320. The molecular weight excluding hydrogens is 1070 g/mol. The van der Waals surface area contributed by atoms with Crippen LogP contribution in [0.2, 0.25) is 0 Å². The molecule has 0 saturated heterocycles. The van der Waals surface area contributed by atoms with Crippen LogP contribution >= 0.6 is 0 Å². The van der Waals surface area contributed by atoms with Gasteiger partial charge in [-0.2, -0.15) is 0 Å². The molecule has 0 aromatic carbocycles. The number of carbonyl (C=O) groups excluding carboxylic acids is 2. The highest BCUT2D eigenvalue weighted by Gasteiger charge is 2.18. The van der Waals surface area contributed by atoms with Gasteiger partial charge in [0.2, 0.25) is 5.91 Å². The number of esters is 1. The number of nitrogens with one attached hydrogen (secondary N) is 1. The van der Waals surface area contributed by atoms with Crippen LogP contribution in [0.1, 0.15) is 444 Å². The van der Waals surface area contributed by atoms with Gasteiger partial charge in [-0.05, 0) is 83.5 Å². The predicted molar refractivity (Wildman–Crippen MR) is 384 cm³/mol. The number of aliphatic hydroxyl groups excluding tert-OH is 2. The van der Waals surface area contributed by atoms with Crippen molar-refractivity contribution in [3.8, 4) is 0 Å². The second-order valence-electron chi connectivity index (χ2n) is 27.4. The van der Waals surface area contributed by atoms with E-state index in [0.29, 0.717) is 19.4 Å². The molecule has 6 heteroatoms. The molecule has 514 valence electrons. The zero-order chi connectivity index (χ0) is 62.8. The van der Waals surface area contributed by atoms with Crippen LogP contribution in [0.4, 0.5) is 0 Å². The Bertz CT molecular complexity index is 1410. The van der Waals surface area contributed by atoms with Gasteiger partial charge in [0.25, 0.3) is 0 Å². The summed E-state index contributed by atoms with van der Waals surface area (Å²) in [6.07, 6.45) is 99.8. The van der Waals surface area contributed by atoms with E-state index >= 15 is 0 Å². The summed E-state index contributed by atoms with van der Waals surface area (Å²) in [5, 5.41) is 23.3. The minimum atomic E-state index is -0.844. The number of allylic oxidation sites excluding steroid dienone is 5. The summed E-state index contributed by atoms with van der Waals surface area (Å²) in [5.41, 5.74) is 0. The molecule has 0 aromatic heterocycles. The number of ether oxygens (including phenoxy) is 1. The van der Waals surface area contributed by atoms with Crippen molar-refractivity contribution in [3.63, 3.8) is 0 Å². The number of hydrogen-bond donors (Lipinski definition) is 3. The number of hydrogen-bond acceptors (Lipinski definition) is 5. The normalized spacial score (nSPS) is 12.6. The first-order valence-corrected chi connectivity index (χ1v) is 39.8. The molecule has 0 heterocycles. The zero-order valence-corrected chi connectivity index (χ0v) is 59.0. The second-order valence-corrected chi connectivity index (χ2v) is 27.4. The standard InChI is InChI=1S/C81H155NO5/c1-3-5-7-9-11-13-15-17-19-20-21-22-23-34-37-40-43-46-49-53-57-61-65-69-73-79(84)78(77-83)82-80(85)74-70-66-62-58-54-50-47-44-41-38-35-32-30-28-26-24-25-27-29-31-33-36-39-42-45-48-52-56-60-64-68-72-76-87-81(86)75-71-67-63-59-55-51-18-16-14-12-10-8-6-4-2/h16,18,27,29,69,73,78-79,83-84H,3-15,17,19-26,28,30-68,70-72,74-77H2,1-2H3,(H,82,85)/b18-16-,29-27-,73-69+. The third-order valence-electron chi connectivity index (χ3n) is 18.6. The van der Waals surface area contributed by atoms with E-state index in [0.717, 1.165) is 44.9 Å². The number of unbranched alkanes of at least 4 members (excludes halogenated alkanes) is 60. The van der Waals surface area contributed by atoms with Gasteiger partial charge in [-0.1, -0.05) is 384 Å². The molecule has 0 aromatic rings. The lowest BCUT2D eigenvalue weighted by atomic mass is 10.0. The maximum atomic E-state index is 12.6. The average Bonchev–Trinajstić information content (AvgIpc) is 3.52. The third kappa shape index (κ3) is 73.0. The first-order valence-electron chi connectivity index (χ1n) is 39.8. The number of rotatable bonds is 75. The van der Waals surface area contributed by atoms with E-state index in [2.05, 4.69) is 43.5 Å². The minimum Gasteiger partial charge on any atom is -0.466 e. The number of aliphatic hydroxyl groups is 2. The second kappa shape index (κ2) is 76.5. The highest BCUT2D eigenvalue weighted by Crippen LogP contribution is 2.19. The van der Waals surface area contributed by atoms with Gasteiger partial charge < -0.3 is 20.3 Å². The molecule has 0 saturated carbocycles.